The number of hydrogen-bond donors (Lipinski definition) is 0. The molecular weight excluding hydrogens is 340 g/mol. The van der Waals surface area contributed by atoms with Gasteiger partial charge in [-0.2, -0.15) is 0 Å². The molecule has 0 bridgehead atoms. The quantitative estimate of drug-likeness (QED) is 0.502. The summed E-state index contributed by atoms with van der Waals surface area (Å²) in [5.41, 5.74) is 1.27. The SMILES string of the molecule is O=Cc1ccc2ccn(Cc3c(F)ccc(Br)c3F)c2c1. The van der Waals surface area contributed by atoms with E-state index < -0.39 is 11.6 Å². The van der Waals surface area contributed by atoms with Crippen LogP contribution >= 0.6 is 15.9 Å². The van der Waals surface area contributed by atoms with E-state index in [4.69, 9.17) is 0 Å². The lowest BCUT2D eigenvalue weighted by atomic mass is 10.1. The van der Waals surface area contributed by atoms with Crippen LogP contribution in [0.1, 0.15) is 15.9 Å². The third-order valence-electron chi connectivity index (χ3n) is 3.40. The fourth-order valence-corrected chi connectivity index (χ4v) is 2.67. The fraction of sp³-hybridized carbons (Fsp3) is 0.0625. The summed E-state index contributed by atoms with van der Waals surface area (Å²) in [6.45, 7) is 0.0584. The second-order valence-electron chi connectivity index (χ2n) is 4.70. The molecule has 0 N–H and O–H groups in total. The van der Waals surface area contributed by atoms with Gasteiger partial charge in [0.25, 0.3) is 0 Å². The molecule has 0 spiro atoms. The van der Waals surface area contributed by atoms with Crippen LogP contribution in [-0.2, 0) is 6.54 Å². The largest absolute Gasteiger partial charge is 0.343 e. The average molecular weight is 350 g/mol. The van der Waals surface area contributed by atoms with Crippen molar-refractivity contribution in [3.63, 3.8) is 0 Å². The zero-order valence-corrected chi connectivity index (χ0v) is 12.4. The van der Waals surface area contributed by atoms with Gasteiger partial charge in [0.2, 0.25) is 0 Å². The molecule has 3 rings (SSSR count). The molecule has 1 heterocycles. The molecule has 0 amide bonds. The molecule has 5 heteroatoms. The molecular formula is C16H10BrF2NO. The van der Waals surface area contributed by atoms with E-state index in [0.717, 1.165) is 17.2 Å². The van der Waals surface area contributed by atoms with Crippen molar-refractivity contribution in [2.45, 2.75) is 6.54 Å². The van der Waals surface area contributed by atoms with Gasteiger partial charge in [-0.25, -0.2) is 8.78 Å². The summed E-state index contributed by atoms with van der Waals surface area (Å²) >= 11 is 3.06. The van der Waals surface area contributed by atoms with E-state index in [2.05, 4.69) is 15.9 Å². The summed E-state index contributed by atoms with van der Waals surface area (Å²) < 4.78 is 29.8. The second-order valence-corrected chi connectivity index (χ2v) is 5.56. The molecule has 0 saturated heterocycles. The van der Waals surface area contributed by atoms with Crippen molar-refractivity contribution in [2.75, 3.05) is 0 Å². The number of carbonyl (C=O) groups is 1. The minimum atomic E-state index is -0.608. The first-order valence-corrected chi connectivity index (χ1v) is 7.06. The van der Waals surface area contributed by atoms with E-state index in [1.165, 1.54) is 12.1 Å². The number of halogens is 3. The summed E-state index contributed by atoms with van der Waals surface area (Å²) in [7, 11) is 0. The number of aldehydes is 1. The Labute approximate surface area is 128 Å². The first kappa shape index (κ1) is 13.9. The van der Waals surface area contributed by atoms with Crippen LogP contribution < -0.4 is 0 Å². The molecule has 0 aliphatic rings. The van der Waals surface area contributed by atoms with E-state index >= 15 is 0 Å². The number of fused-ring (bicyclic) bond motifs is 1. The summed E-state index contributed by atoms with van der Waals surface area (Å²) in [6.07, 6.45) is 2.50. The van der Waals surface area contributed by atoms with Gasteiger partial charge in [0.15, 0.2) is 0 Å². The van der Waals surface area contributed by atoms with Gasteiger partial charge >= 0.3 is 0 Å². The Bertz CT molecular complexity index is 842. The zero-order valence-electron chi connectivity index (χ0n) is 10.8. The van der Waals surface area contributed by atoms with E-state index in [0.29, 0.717) is 5.56 Å². The lowest BCUT2D eigenvalue weighted by Crippen LogP contribution is -2.04. The van der Waals surface area contributed by atoms with E-state index in [1.807, 2.05) is 12.1 Å². The van der Waals surface area contributed by atoms with Crippen LogP contribution in [0.25, 0.3) is 10.9 Å². The lowest BCUT2D eigenvalue weighted by Gasteiger charge is -2.09. The van der Waals surface area contributed by atoms with Crippen LogP contribution in [0.15, 0.2) is 47.1 Å². The molecule has 0 aliphatic carbocycles. The maximum absolute atomic E-state index is 14.0. The predicted octanol–water partition coefficient (Wildman–Crippen LogP) is 4.54. The number of nitrogens with zero attached hydrogens (tertiary/aromatic N) is 1. The minimum Gasteiger partial charge on any atom is -0.343 e. The Kier molecular flexibility index (Phi) is 3.59. The molecule has 2 aromatic carbocycles. The fourth-order valence-electron chi connectivity index (χ4n) is 2.30. The highest BCUT2D eigenvalue weighted by molar-refractivity contribution is 9.10. The van der Waals surface area contributed by atoms with Crippen LogP contribution in [0, 0.1) is 11.6 Å². The maximum Gasteiger partial charge on any atom is 0.150 e. The highest BCUT2D eigenvalue weighted by Crippen LogP contribution is 2.24. The van der Waals surface area contributed by atoms with Crippen LogP contribution in [0.4, 0.5) is 8.78 Å². The van der Waals surface area contributed by atoms with Crippen LogP contribution in [0.5, 0.6) is 0 Å². The van der Waals surface area contributed by atoms with Gasteiger partial charge in [0.05, 0.1) is 11.0 Å². The number of aromatic nitrogens is 1. The van der Waals surface area contributed by atoms with Gasteiger partial charge in [-0.05, 0) is 45.6 Å². The molecule has 0 fully saturated rings. The summed E-state index contributed by atoms with van der Waals surface area (Å²) in [4.78, 5) is 10.9. The van der Waals surface area contributed by atoms with Gasteiger partial charge in [0.1, 0.15) is 17.9 Å². The van der Waals surface area contributed by atoms with Crippen molar-refractivity contribution in [1.82, 2.24) is 4.57 Å². The van der Waals surface area contributed by atoms with Crippen molar-refractivity contribution >= 4 is 33.1 Å². The molecule has 0 saturated carbocycles. The van der Waals surface area contributed by atoms with E-state index in [1.54, 1.807) is 22.9 Å². The van der Waals surface area contributed by atoms with Gasteiger partial charge in [-0.3, -0.25) is 4.79 Å². The van der Waals surface area contributed by atoms with Gasteiger partial charge in [-0.15, -0.1) is 0 Å². The molecule has 3 aromatic rings. The first-order chi connectivity index (χ1) is 10.1. The Morgan fingerprint density at radius 2 is 1.95 bits per heavy atom. The monoisotopic (exact) mass is 349 g/mol. The Balaban J connectivity index is 2.10. The Hall–Kier alpha value is -2.01. The third-order valence-corrected chi connectivity index (χ3v) is 4.01. The molecule has 0 radical (unpaired) electrons. The highest BCUT2D eigenvalue weighted by Gasteiger charge is 2.14. The van der Waals surface area contributed by atoms with Crippen molar-refractivity contribution in [2.24, 2.45) is 0 Å². The van der Waals surface area contributed by atoms with Crippen LogP contribution in [0.2, 0.25) is 0 Å². The van der Waals surface area contributed by atoms with Crippen LogP contribution in [0.3, 0.4) is 0 Å². The molecule has 1 aromatic heterocycles. The lowest BCUT2D eigenvalue weighted by molar-refractivity contribution is 0.112. The number of rotatable bonds is 3. The topological polar surface area (TPSA) is 22.0 Å². The molecule has 106 valence electrons. The summed E-state index contributed by atoms with van der Waals surface area (Å²) in [5.74, 6) is -1.20. The van der Waals surface area contributed by atoms with Crippen molar-refractivity contribution in [3.8, 4) is 0 Å². The number of hydrogen-bond acceptors (Lipinski definition) is 1. The number of benzene rings is 2. The second kappa shape index (κ2) is 5.41. The van der Waals surface area contributed by atoms with Gasteiger partial charge in [-0.1, -0.05) is 12.1 Å². The van der Waals surface area contributed by atoms with E-state index in [-0.39, 0.29) is 16.6 Å². The average Bonchev–Trinajstić information content (AvgIpc) is 2.89. The first-order valence-electron chi connectivity index (χ1n) is 6.26. The third kappa shape index (κ3) is 2.49. The molecule has 21 heavy (non-hydrogen) atoms. The standard InChI is InChI=1S/C16H10BrF2NO/c17-13-3-4-14(18)12(16(13)19)8-20-6-5-11-2-1-10(9-21)7-15(11)20/h1-7,9H,8H2. The van der Waals surface area contributed by atoms with Crippen molar-refractivity contribution in [1.29, 1.82) is 0 Å². The Morgan fingerprint density at radius 3 is 2.71 bits per heavy atom. The molecule has 0 aliphatic heterocycles. The molecule has 0 unspecified atom stereocenters. The summed E-state index contributed by atoms with van der Waals surface area (Å²) in [5, 5.41) is 0.913. The number of carbonyl (C=O) groups excluding carboxylic acids is 1. The van der Waals surface area contributed by atoms with Gasteiger partial charge in [0, 0.05) is 22.8 Å². The summed E-state index contributed by atoms with van der Waals surface area (Å²) in [6, 6.07) is 9.63. The smallest absolute Gasteiger partial charge is 0.150 e. The maximum atomic E-state index is 14.0. The van der Waals surface area contributed by atoms with Crippen molar-refractivity contribution in [3.05, 3.63) is 69.8 Å². The highest BCUT2D eigenvalue weighted by atomic mass is 79.9. The molecule has 2 nitrogen and oxygen atoms in total. The van der Waals surface area contributed by atoms with Crippen molar-refractivity contribution < 1.29 is 13.6 Å². The van der Waals surface area contributed by atoms with Gasteiger partial charge < -0.3 is 4.57 Å². The van der Waals surface area contributed by atoms with Crippen LogP contribution in [-0.4, -0.2) is 10.9 Å². The zero-order chi connectivity index (χ0) is 15.0. The molecule has 0 atom stereocenters. The van der Waals surface area contributed by atoms with E-state index in [9.17, 15) is 13.6 Å². The normalized spacial score (nSPS) is 11.0. The Morgan fingerprint density at radius 1 is 1.14 bits per heavy atom. The minimum absolute atomic E-state index is 0.0154. The predicted molar refractivity (Wildman–Crippen MR) is 80.5 cm³/mol.